The molecule has 122 valence electrons. The van der Waals surface area contributed by atoms with Gasteiger partial charge in [-0.15, -0.1) is 0 Å². The third-order valence-corrected chi connectivity index (χ3v) is 3.30. The van der Waals surface area contributed by atoms with Crippen molar-refractivity contribution in [2.75, 3.05) is 7.11 Å². The summed E-state index contributed by atoms with van der Waals surface area (Å²) in [5.41, 5.74) is 0.521. The molecule has 3 aromatic rings. The predicted molar refractivity (Wildman–Crippen MR) is 83.4 cm³/mol. The maximum Gasteiger partial charge on any atom is 0.350 e. The van der Waals surface area contributed by atoms with E-state index in [0.717, 1.165) is 0 Å². The molecular weight excluding hydrogens is 316 g/mol. The number of carbonyl (C=O) groups excluding carboxylic acids is 1. The van der Waals surface area contributed by atoms with E-state index in [0.29, 0.717) is 22.7 Å². The van der Waals surface area contributed by atoms with Gasteiger partial charge in [0.15, 0.2) is 11.5 Å². The number of fused-ring (bicyclic) bond motifs is 1. The van der Waals surface area contributed by atoms with E-state index in [9.17, 15) is 14.9 Å². The number of hydrogen-bond acceptors (Lipinski definition) is 7. The monoisotopic (exact) mass is 328 g/mol. The molecule has 0 amide bonds. The number of hydrogen-bond donors (Lipinski definition) is 0. The minimum atomic E-state index is -0.861. The molecule has 0 N–H and O–H groups in total. The minimum absolute atomic E-state index is 0.198. The molecule has 3 rings (SSSR count). The summed E-state index contributed by atoms with van der Waals surface area (Å²) in [5.74, 6) is 0.144. The first-order valence-electron chi connectivity index (χ1n) is 6.90. The Hall–Kier alpha value is -3.42. The number of oxazole rings is 1. The first kappa shape index (κ1) is 15.5. The molecule has 0 bridgehead atoms. The normalized spacial score (nSPS) is 10.6. The molecule has 0 saturated carbocycles. The Kier molecular flexibility index (Phi) is 3.87. The molecule has 8 nitrogen and oxygen atoms in total. The average Bonchev–Trinajstić information content (AvgIpc) is 2.93. The lowest BCUT2D eigenvalue weighted by Crippen LogP contribution is -2.11. The standard InChI is InChI=1S/C16H12N2O6/c1-9-17-13-8-11(4-6-15(13)23-9)24-16(19)12-7-10(22-2)3-5-14(12)18(20)21/h3-8H,1-2H3. The number of nitrogens with zero attached hydrogens (tertiary/aromatic N) is 2. The van der Waals surface area contributed by atoms with Crippen molar-refractivity contribution in [2.45, 2.75) is 6.92 Å². The summed E-state index contributed by atoms with van der Waals surface area (Å²) in [6, 6.07) is 8.52. The van der Waals surface area contributed by atoms with Crippen LogP contribution in [0.1, 0.15) is 16.2 Å². The highest BCUT2D eigenvalue weighted by atomic mass is 16.6. The zero-order valence-corrected chi connectivity index (χ0v) is 12.8. The van der Waals surface area contributed by atoms with Crippen molar-refractivity contribution in [1.82, 2.24) is 4.98 Å². The summed E-state index contributed by atoms with van der Waals surface area (Å²) >= 11 is 0. The fourth-order valence-corrected chi connectivity index (χ4v) is 2.21. The molecule has 0 aliphatic rings. The lowest BCUT2D eigenvalue weighted by molar-refractivity contribution is -0.385. The lowest BCUT2D eigenvalue weighted by atomic mass is 10.1. The Labute approximate surface area is 135 Å². The van der Waals surface area contributed by atoms with Crippen LogP contribution in [0.15, 0.2) is 40.8 Å². The number of aromatic nitrogens is 1. The Bertz CT molecular complexity index is 947. The van der Waals surface area contributed by atoms with Crippen molar-refractivity contribution in [1.29, 1.82) is 0 Å². The van der Waals surface area contributed by atoms with E-state index >= 15 is 0 Å². The quantitative estimate of drug-likeness (QED) is 0.313. The number of nitro benzene ring substituents is 1. The van der Waals surface area contributed by atoms with Crippen molar-refractivity contribution in [3.8, 4) is 11.5 Å². The second-order valence-corrected chi connectivity index (χ2v) is 4.89. The molecule has 1 aromatic heterocycles. The number of rotatable bonds is 4. The first-order valence-corrected chi connectivity index (χ1v) is 6.90. The van der Waals surface area contributed by atoms with Gasteiger partial charge in [-0.05, 0) is 18.2 Å². The van der Waals surface area contributed by atoms with Gasteiger partial charge in [-0.2, -0.15) is 0 Å². The SMILES string of the molecule is COc1ccc([N+](=O)[O-])c(C(=O)Oc2ccc3oc(C)nc3c2)c1. The number of benzene rings is 2. The van der Waals surface area contributed by atoms with Crippen LogP contribution in [0.2, 0.25) is 0 Å². The number of methoxy groups -OCH3 is 1. The summed E-state index contributed by atoms with van der Waals surface area (Å²) < 4.78 is 15.6. The van der Waals surface area contributed by atoms with Crippen LogP contribution in [-0.4, -0.2) is 23.0 Å². The summed E-state index contributed by atoms with van der Waals surface area (Å²) in [7, 11) is 1.40. The van der Waals surface area contributed by atoms with Crippen LogP contribution in [0, 0.1) is 17.0 Å². The molecule has 0 aliphatic heterocycles. The van der Waals surface area contributed by atoms with Crippen LogP contribution in [0.5, 0.6) is 11.5 Å². The topological polar surface area (TPSA) is 105 Å². The van der Waals surface area contributed by atoms with Crippen molar-refractivity contribution in [2.24, 2.45) is 0 Å². The molecule has 0 radical (unpaired) electrons. The summed E-state index contributed by atoms with van der Waals surface area (Å²) in [5, 5.41) is 11.1. The molecule has 0 spiro atoms. The molecule has 0 fully saturated rings. The van der Waals surface area contributed by atoms with Crippen LogP contribution in [0.25, 0.3) is 11.1 Å². The highest BCUT2D eigenvalue weighted by molar-refractivity contribution is 5.96. The zero-order valence-electron chi connectivity index (χ0n) is 12.8. The van der Waals surface area contributed by atoms with Crippen LogP contribution in [-0.2, 0) is 0 Å². The lowest BCUT2D eigenvalue weighted by Gasteiger charge is -2.06. The van der Waals surface area contributed by atoms with Gasteiger partial charge in [0.2, 0.25) is 0 Å². The molecule has 0 unspecified atom stereocenters. The van der Waals surface area contributed by atoms with Gasteiger partial charge >= 0.3 is 5.97 Å². The molecule has 8 heteroatoms. The molecule has 0 atom stereocenters. The number of nitro groups is 1. The van der Waals surface area contributed by atoms with Crippen LogP contribution >= 0.6 is 0 Å². The van der Waals surface area contributed by atoms with E-state index < -0.39 is 10.9 Å². The Morgan fingerprint density at radius 2 is 1.96 bits per heavy atom. The van der Waals surface area contributed by atoms with E-state index in [1.807, 2.05) is 0 Å². The van der Waals surface area contributed by atoms with E-state index in [-0.39, 0.29) is 17.0 Å². The smallest absolute Gasteiger partial charge is 0.350 e. The van der Waals surface area contributed by atoms with E-state index in [1.165, 1.54) is 37.4 Å². The zero-order chi connectivity index (χ0) is 17.3. The Balaban J connectivity index is 1.94. The summed E-state index contributed by atoms with van der Waals surface area (Å²) in [6.45, 7) is 1.70. The minimum Gasteiger partial charge on any atom is -0.497 e. The molecule has 2 aromatic carbocycles. The maximum atomic E-state index is 12.3. The van der Waals surface area contributed by atoms with Gasteiger partial charge in [0.05, 0.1) is 12.0 Å². The third kappa shape index (κ3) is 2.89. The fraction of sp³-hybridized carbons (Fsp3) is 0.125. The molecule has 1 heterocycles. The number of ether oxygens (including phenoxy) is 2. The number of aryl methyl sites for hydroxylation is 1. The Morgan fingerprint density at radius 3 is 2.67 bits per heavy atom. The van der Waals surface area contributed by atoms with Crippen LogP contribution in [0.4, 0.5) is 5.69 Å². The average molecular weight is 328 g/mol. The van der Waals surface area contributed by atoms with Crippen LogP contribution in [0.3, 0.4) is 0 Å². The van der Waals surface area contributed by atoms with Gasteiger partial charge < -0.3 is 13.9 Å². The molecular formula is C16H12N2O6. The van der Waals surface area contributed by atoms with Gasteiger partial charge in [0.1, 0.15) is 22.6 Å². The van der Waals surface area contributed by atoms with E-state index in [2.05, 4.69) is 4.98 Å². The number of esters is 1. The van der Waals surface area contributed by atoms with Crippen molar-refractivity contribution in [3.63, 3.8) is 0 Å². The van der Waals surface area contributed by atoms with Gasteiger partial charge in [-0.25, -0.2) is 9.78 Å². The summed E-state index contributed by atoms with van der Waals surface area (Å²) in [4.78, 5) is 26.9. The molecule has 24 heavy (non-hydrogen) atoms. The predicted octanol–water partition coefficient (Wildman–Crippen LogP) is 3.27. The van der Waals surface area contributed by atoms with Crippen molar-refractivity contribution < 1.29 is 23.6 Å². The van der Waals surface area contributed by atoms with Gasteiger partial charge in [-0.1, -0.05) is 0 Å². The van der Waals surface area contributed by atoms with Crippen LogP contribution < -0.4 is 9.47 Å². The molecule has 0 aliphatic carbocycles. The van der Waals surface area contributed by atoms with Gasteiger partial charge in [0, 0.05) is 25.1 Å². The third-order valence-electron chi connectivity index (χ3n) is 3.30. The summed E-state index contributed by atoms with van der Waals surface area (Å²) in [6.07, 6.45) is 0. The van der Waals surface area contributed by atoms with Crippen molar-refractivity contribution in [3.05, 3.63) is 58.0 Å². The van der Waals surface area contributed by atoms with Gasteiger partial charge in [-0.3, -0.25) is 10.1 Å². The van der Waals surface area contributed by atoms with Crippen molar-refractivity contribution >= 4 is 22.8 Å². The second-order valence-electron chi connectivity index (χ2n) is 4.89. The Morgan fingerprint density at radius 1 is 1.21 bits per heavy atom. The van der Waals surface area contributed by atoms with E-state index in [4.69, 9.17) is 13.9 Å². The second kappa shape index (κ2) is 5.99. The first-order chi connectivity index (χ1) is 11.5. The van der Waals surface area contributed by atoms with Gasteiger partial charge in [0.25, 0.3) is 5.69 Å². The fourth-order valence-electron chi connectivity index (χ4n) is 2.21. The van der Waals surface area contributed by atoms with E-state index in [1.54, 1.807) is 13.0 Å². The highest BCUT2D eigenvalue weighted by Crippen LogP contribution is 2.27. The maximum absolute atomic E-state index is 12.3. The molecule has 0 saturated heterocycles. The largest absolute Gasteiger partial charge is 0.497 e. The number of carbonyl (C=O) groups is 1. The highest BCUT2D eigenvalue weighted by Gasteiger charge is 2.23.